The molecule has 1 atom stereocenters. The van der Waals surface area contributed by atoms with Crippen molar-refractivity contribution >= 4 is 17.3 Å². The topological polar surface area (TPSA) is 67.1 Å². The number of anilines is 2. The number of hydrogen-bond acceptors (Lipinski definition) is 3. The fraction of sp³-hybridized carbons (Fsp3) is 0.278. The van der Waals surface area contributed by atoms with Crippen LogP contribution in [-0.4, -0.2) is 12.5 Å². The number of nitrogens with one attached hydrogen (secondary N) is 2. The normalized spacial score (nSPS) is 11.8. The van der Waals surface area contributed by atoms with Crippen molar-refractivity contribution in [2.75, 3.05) is 17.2 Å². The van der Waals surface area contributed by atoms with E-state index >= 15 is 0 Å². The fourth-order valence-corrected chi connectivity index (χ4v) is 2.23. The molecule has 4 nitrogen and oxygen atoms in total. The van der Waals surface area contributed by atoms with Crippen LogP contribution in [0.25, 0.3) is 0 Å². The molecule has 0 aliphatic heterocycles. The molecule has 22 heavy (non-hydrogen) atoms. The number of amides is 1. The van der Waals surface area contributed by atoms with Gasteiger partial charge in [0.05, 0.1) is 0 Å². The summed E-state index contributed by atoms with van der Waals surface area (Å²) in [5.74, 6) is -0.208. The van der Waals surface area contributed by atoms with Gasteiger partial charge in [0, 0.05) is 17.9 Å². The number of hydrogen-bond donors (Lipinski definition) is 3. The van der Waals surface area contributed by atoms with E-state index in [1.54, 1.807) is 0 Å². The van der Waals surface area contributed by atoms with Crippen molar-refractivity contribution in [2.24, 2.45) is 5.73 Å². The van der Waals surface area contributed by atoms with E-state index in [4.69, 9.17) is 5.73 Å². The molecule has 0 saturated heterocycles. The second-order valence-corrected chi connectivity index (χ2v) is 5.33. The molecule has 0 spiro atoms. The number of carbonyl (C=O) groups is 1. The van der Waals surface area contributed by atoms with Gasteiger partial charge in [0.15, 0.2) is 0 Å². The molecule has 116 valence electrons. The van der Waals surface area contributed by atoms with Crippen LogP contribution in [0.2, 0.25) is 0 Å². The van der Waals surface area contributed by atoms with Crippen molar-refractivity contribution in [1.29, 1.82) is 0 Å². The molecule has 1 amide bonds. The second kappa shape index (κ2) is 7.61. The lowest BCUT2D eigenvalue weighted by molar-refractivity contribution is -0.117. The highest BCUT2D eigenvalue weighted by atomic mass is 16.2. The Labute approximate surface area is 131 Å². The summed E-state index contributed by atoms with van der Waals surface area (Å²) in [6, 6.07) is 14.5. The molecule has 0 aromatic heterocycles. The lowest BCUT2D eigenvalue weighted by atomic mass is 10.1. The average molecular weight is 297 g/mol. The van der Waals surface area contributed by atoms with Crippen LogP contribution in [0.4, 0.5) is 11.4 Å². The Morgan fingerprint density at radius 3 is 2.55 bits per heavy atom. The Kier molecular flexibility index (Phi) is 5.55. The predicted octanol–water partition coefficient (Wildman–Crippen LogP) is 3.46. The maximum atomic E-state index is 12.2. The molecular weight excluding hydrogens is 274 g/mol. The van der Waals surface area contributed by atoms with Gasteiger partial charge in [0.1, 0.15) is 6.04 Å². The van der Waals surface area contributed by atoms with E-state index in [-0.39, 0.29) is 5.91 Å². The first-order valence-electron chi connectivity index (χ1n) is 7.57. The van der Waals surface area contributed by atoms with Gasteiger partial charge in [-0.1, -0.05) is 37.3 Å². The predicted molar refractivity (Wildman–Crippen MR) is 92.0 cm³/mol. The standard InChI is InChI=1S/C18H23N3O/c1-3-11-20-16-10-9-15(12-13(16)2)21-18(22)17(19)14-7-5-4-6-8-14/h4-10,12,17,20H,3,11,19H2,1-2H3,(H,21,22)/t17-/m1/s1. The van der Waals surface area contributed by atoms with Crippen LogP contribution in [0, 0.1) is 6.92 Å². The Morgan fingerprint density at radius 2 is 1.91 bits per heavy atom. The van der Waals surface area contributed by atoms with Crippen molar-refractivity contribution in [3.05, 3.63) is 59.7 Å². The van der Waals surface area contributed by atoms with E-state index in [1.165, 1.54) is 0 Å². The molecule has 0 fully saturated rings. The van der Waals surface area contributed by atoms with Crippen LogP contribution in [0.3, 0.4) is 0 Å². The molecule has 0 saturated carbocycles. The number of rotatable bonds is 6. The Balaban J connectivity index is 2.04. The molecule has 2 aromatic carbocycles. The lowest BCUT2D eigenvalue weighted by Crippen LogP contribution is -2.27. The monoisotopic (exact) mass is 297 g/mol. The van der Waals surface area contributed by atoms with Gasteiger partial charge in [0.25, 0.3) is 0 Å². The van der Waals surface area contributed by atoms with Gasteiger partial charge in [-0.15, -0.1) is 0 Å². The highest BCUT2D eigenvalue weighted by molar-refractivity contribution is 5.95. The largest absolute Gasteiger partial charge is 0.385 e. The smallest absolute Gasteiger partial charge is 0.245 e. The minimum Gasteiger partial charge on any atom is -0.385 e. The molecule has 0 heterocycles. The zero-order valence-corrected chi connectivity index (χ0v) is 13.1. The van der Waals surface area contributed by atoms with Gasteiger partial charge < -0.3 is 16.4 Å². The Hall–Kier alpha value is -2.33. The van der Waals surface area contributed by atoms with Gasteiger partial charge in [0.2, 0.25) is 5.91 Å². The summed E-state index contributed by atoms with van der Waals surface area (Å²) < 4.78 is 0. The SMILES string of the molecule is CCCNc1ccc(NC(=O)[C@H](N)c2ccccc2)cc1C. The van der Waals surface area contributed by atoms with E-state index in [9.17, 15) is 4.79 Å². The number of aryl methyl sites for hydroxylation is 1. The van der Waals surface area contributed by atoms with E-state index in [0.29, 0.717) is 0 Å². The van der Waals surface area contributed by atoms with Crippen LogP contribution in [0.1, 0.15) is 30.5 Å². The summed E-state index contributed by atoms with van der Waals surface area (Å²) in [6.45, 7) is 5.08. The highest BCUT2D eigenvalue weighted by Crippen LogP contribution is 2.21. The summed E-state index contributed by atoms with van der Waals surface area (Å²) in [7, 11) is 0. The van der Waals surface area contributed by atoms with Gasteiger partial charge in [-0.3, -0.25) is 4.79 Å². The molecule has 0 bridgehead atoms. The number of carbonyl (C=O) groups excluding carboxylic acids is 1. The van der Waals surface area contributed by atoms with E-state index < -0.39 is 6.04 Å². The molecule has 4 heteroatoms. The van der Waals surface area contributed by atoms with Gasteiger partial charge >= 0.3 is 0 Å². The van der Waals surface area contributed by atoms with Crippen molar-refractivity contribution in [2.45, 2.75) is 26.3 Å². The average Bonchev–Trinajstić information content (AvgIpc) is 2.54. The second-order valence-electron chi connectivity index (χ2n) is 5.33. The maximum absolute atomic E-state index is 12.2. The molecule has 2 aromatic rings. The van der Waals surface area contributed by atoms with Gasteiger partial charge in [-0.05, 0) is 42.7 Å². The van der Waals surface area contributed by atoms with Crippen LogP contribution < -0.4 is 16.4 Å². The van der Waals surface area contributed by atoms with Gasteiger partial charge in [-0.2, -0.15) is 0 Å². The molecule has 4 N–H and O–H groups in total. The number of benzene rings is 2. The molecule has 2 rings (SSSR count). The quantitative estimate of drug-likeness (QED) is 0.765. The van der Waals surface area contributed by atoms with Crippen molar-refractivity contribution in [1.82, 2.24) is 0 Å². The minimum atomic E-state index is -0.667. The number of nitrogens with two attached hydrogens (primary N) is 1. The molecule has 0 unspecified atom stereocenters. The van der Waals surface area contributed by atoms with Crippen LogP contribution in [0.5, 0.6) is 0 Å². The first-order valence-corrected chi connectivity index (χ1v) is 7.57. The van der Waals surface area contributed by atoms with Crippen LogP contribution in [0.15, 0.2) is 48.5 Å². The Bertz CT molecular complexity index is 625. The molecule has 0 radical (unpaired) electrons. The third kappa shape index (κ3) is 4.09. The first-order chi connectivity index (χ1) is 10.6. The maximum Gasteiger partial charge on any atom is 0.245 e. The summed E-state index contributed by atoms with van der Waals surface area (Å²) >= 11 is 0. The van der Waals surface area contributed by atoms with E-state index in [1.807, 2.05) is 55.5 Å². The van der Waals surface area contributed by atoms with Crippen molar-refractivity contribution < 1.29 is 4.79 Å². The van der Waals surface area contributed by atoms with Gasteiger partial charge in [-0.25, -0.2) is 0 Å². The Morgan fingerprint density at radius 1 is 1.18 bits per heavy atom. The highest BCUT2D eigenvalue weighted by Gasteiger charge is 2.15. The summed E-state index contributed by atoms with van der Waals surface area (Å²) in [4.78, 5) is 12.2. The van der Waals surface area contributed by atoms with Crippen LogP contribution in [-0.2, 0) is 4.79 Å². The zero-order valence-electron chi connectivity index (χ0n) is 13.1. The first kappa shape index (κ1) is 16.0. The third-order valence-electron chi connectivity index (χ3n) is 3.50. The molecular formula is C18H23N3O. The fourth-order valence-electron chi connectivity index (χ4n) is 2.23. The van der Waals surface area contributed by atoms with Crippen molar-refractivity contribution in [3.63, 3.8) is 0 Å². The third-order valence-corrected chi connectivity index (χ3v) is 3.50. The minimum absolute atomic E-state index is 0.208. The lowest BCUT2D eigenvalue weighted by Gasteiger charge is -2.14. The molecule has 0 aliphatic rings. The summed E-state index contributed by atoms with van der Waals surface area (Å²) in [5.41, 5.74) is 9.75. The van der Waals surface area contributed by atoms with E-state index in [2.05, 4.69) is 17.6 Å². The summed E-state index contributed by atoms with van der Waals surface area (Å²) in [5, 5.41) is 6.23. The van der Waals surface area contributed by atoms with E-state index in [0.717, 1.165) is 35.5 Å². The van der Waals surface area contributed by atoms with Crippen molar-refractivity contribution in [3.8, 4) is 0 Å². The zero-order chi connectivity index (χ0) is 15.9. The summed E-state index contributed by atoms with van der Waals surface area (Å²) in [6.07, 6.45) is 1.07. The molecule has 0 aliphatic carbocycles. The van der Waals surface area contributed by atoms with Crippen LogP contribution >= 0.6 is 0 Å².